The molecule has 0 fully saturated rings. The maximum Gasteiger partial charge on any atom is 0.109 e. The summed E-state index contributed by atoms with van der Waals surface area (Å²) in [6.45, 7) is 6.69. The zero-order valence-electron chi connectivity index (χ0n) is 9.60. The van der Waals surface area contributed by atoms with Gasteiger partial charge in [0.1, 0.15) is 5.01 Å². The fraction of sp³-hybridized carbons (Fsp3) is 0.727. The van der Waals surface area contributed by atoms with Crippen molar-refractivity contribution in [1.82, 2.24) is 10.3 Å². The number of nitrogens with one attached hydrogen (secondary N) is 1. The highest BCUT2D eigenvalue weighted by atomic mass is 32.1. The van der Waals surface area contributed by atoms with Gasteiger partial charge in [-0.3, -0.25) is 0 Å². The van der Waals surface area contributed by atoms with Crippen LogP contribution in [0.4, 0.5) is 0 Å². The number of hydrogen-bond acceptors (Lipinski definition) is 4. The highest BCUT2D eigenvalue weighted by Gasteiger charge is 2.17. The van der Waals surface area contributed by atoms with Crippen LogP contribution in [-0.4, -0.2) is 22.7 Å². The predicted octanol–water partition coefficient (Wildman–Crippen LogP) is 2.20. The Morgan fingerprint density at radius 3 is 2.67 bits per heavy atom. The first-order valence-corrected chi connectivity index (χ1v) is 6.29. The minimum absolute atomic E-state index is 0.237. The second-order valence-electron chi connectivity index (χ2n) is 4.12. The van der Waals surface area contributed by atoms with Gasteiger partial charge < -0.3 is 10.4 Å². The molecule has 0 aliphatic heterocycles. The van der Waals surface area contributed by atoms with Crippen LogP contribution in [-0.2, 0) is 0 Å². The molecular weight excluding hydrogens is 208 g/mol. The lowest BCUT2D eigenvalue weighted by Gasteiger charge is -2.24. The SMILES string of the molecule is CC(NC(CCO)C(C)C)c1nccs1. The summed E-state index contributed by atoms with van der Waals surface area (Å²) in [5.41, 5.74) is 0. The largest absolute Gasteiger partial charge is 0.396 e. The average Bonchev–Trinajstić information content (AvgIpc) is 2.69. The number of thiazole rings is 1. The molecule has 1 aromatic rings. The van der Waals surface area contributed by atoms with Crippen molar-refractivity contribution < 1.29 is 5.11 Å². The molecule has 86 valence electrons. The maximum absolute atomic E-state index is 8.98. The first kappa shape index (κ1) is 12.6. The van der Waals surface area contributed by atoms with Gasteiger partial charge in [-0.1, -0.05) is 13.8 Å². The van der Waals surface area contributed by atoms with Crippen molar-refractivity contribution >= 4 is 11.3 Å². The van der Waals surface area contributed by atoms with E-state index in [9.17, 15) is 0 Å². The molecule has 0 saturated carbocycles. The first-order chi connectivity index (χ1) is 7.15. The molecule has 0 aromatic carbocycles. The van der Waals surface area contributed by atoms with Gasteiger partial charge in [-0.05, 0) is 19.3 Å². The molecule has 0 aliphatic carbocycles. The molecule has 2 N–H and O–H groups in total. The van der Waals surface area contributed by atoms with Crippen molar-refractivity contribution in [3.8, 4) is 0 Å². The Bertz CT molecular complexity index is 262. The summed E-state index contributed by atoms with van der Waals surface area (Å²) in [7, 11) is 0. The van der Waals surface area contributed by atoms with Crippen LogP contribution in [0.1, 0.15) is 38.2 Å². The highest BCUT2D eigenvalue weighted by Crippen LogP contribution is 2.18. The average molecular weight is 228 g/mol. The zero-order valence-corrected chi connectivity index (χ0v) is 10.4. The third-order valence-corrected chi connectivity index (χ3v) is 3.49. The summed E-state index contributed by atoms with van der Waals surface area (Å²) in [6.07, 6.45) is 2.63. The summed E-state index contributed by atoms with van der Waals surface area (Å²) in [6, 6.07) is 0.623. The highest BCUT2D eigenvalue weighted by molar-refractivity contribution is 7.09. The predicted molar refractivity (Wildman–Crippen MR) is 64.0 cm³/mol. The zero-order chi connectivity index (χ0) is 11.3. The Morgan fingerprint density at radius 1 is 1.47 bits per heavy atom. The van der Waals surface area contributed by atoms with E-state index in [4.69, 9.17) is 5.11 Å². The molecule has 1 aromatic heterocycles. The monoisotopic (exact) mass is 228 g/mol. The second kappa shape index (κ2) is 6.20. The van der Waals surface area contributed by atoms with E-state index < -0.39 is 0 Å². The molecule has 0 radical (unpaired) electrons. The summed E-state index contributed by atoms with van der Waals surface area (Å²) < 4.78 is 0. The number of aliphatic hydroxyl groups excluding tert-OH is 1. The van der Waals surface area contributed by atoms with Gasteiger partial charge in [0, 0.05) is 24.2 Å². The van der Waals surface area contributed by atoms with E-state index >= 15 is 0 Å². The number of hydrogen-bond donors (Lipinski definition) is 2. The molecule has 0 bridgehead atoms. The molecule has 0 aliphatic rings. The topological polar surface area (TPSA) is 45.1 Å². The maximum atomic E-state index is 8.98. The van der Waals surface area contributed by atoms with Crippen molar-refractivity contribution in [3.05, 3.63) is 16.6 Å². The van der Waals surface area contributed by atoms with E-state index in [-0.39, 0.29) is 12.6 Å². The number of aromatic nitrogens is 1. The Labute approximate surface area is 95.6 Å². The van der Waals surface area contributed by atoms with Crippen LogP contribution >= 0.6 is 11.3 Å². The first-order valence-electron chi connectivity index (χ1n) is 5.41. The van der Waals surface area contributed by atoms with Crippen LogP contribution in [0.15, 0.2) is 11.6 Å². The fourth-order valence-corrected chi connectivity index (χ4v) is 2.24. The van der Waals surface area contributed by atoms with E-state index in [2.05, 4.69) is 31.1 Å². The fourth-order valence-electron chi connectivity index (χ4n) is 1.59. The van der Waals surface area contributed by atoms with Crippen molar-refractivity contribution in [2.24, 2.45) is 5.92 Å². The van der Waals surface area contributed by atoms with E-state index in [1.54, 1.807) is 11.3 Å². The molecule has 0 spiro atoms. The molecule has 2 unspecified atom stereocenters. The number of aliphatic hydroxyl groups is 1. The second-order valence-corrected chi connectivity index (χ2v) is 5.05. The van der Waals surface area contributed by atoms with Crippen LogP contribution in [0, 0.1) is 5.92 Å². The summed E-state index contributed by atoms with van der Waals surface area (Å²) >= 11 is 1.67. The van der Waals surface area contributed by atoms with Crippen molar-refractivity contribution in [2.45, 2.75) is 39.3 Å². The lowest BCUT2D eigenvalue weighted by Crippen LogP contribution is -2.36. The standard InChI is InChI=1S/C11H20N2OS/c1-8(2)10(4-6-14)13-9(3)11-12-5-7-15-11/h5,7-10,13-14H,4,6H2,1-3H3. The van der Waals surface area contributed by atoms with E-state index in [0.717, 1.165) is 11.4 Å². The summed E-state index contributed by atoms with van der Waals surface area (Å²) in [4.78, 5) is 4.28. The van der Waals surface area contributed by atoms with Gasteiger partial charge in [-0.25, -0.2) is 4.98 Å². The normalized spacial score (nSPS) is 15.5. The third kappa shape index (κ3) is 3.89. The lowest BCUT2D eigenvalue weighted by atomic mass is 10.0. The summed E-state index contributed by atoms with van der Waals surface area (Å²) in [5.74, 6) is 0.527. The molecule has 3 nitrogen and oxygen atoms in total. The molecule has 1 rings (SSSR count). The van der Waals surface area contributed by atoms with E-state index in [0.29, 0.717) is 12.0 Å². The van der Waals surface area contributed by atoms with Crippen molar-refractivity contribution in [1.29, 1.82) is 0 Å². The van der Waals surface area contributed by atoms with E-state index in [1.807, 2.05) is 11.6 Å². The Hall–Kier alpha value is -0.450. The van der Waals surface area contributed by atoms with Gasteiger partial charge in [0.05, 0.1) is 6.04 Å². The lowest BCUT2D eigenvalue weighted by molar-refractivity contribution is 0.237. The van der Waals surface area contributed by atoms with Gasteiger partial charge >= 0.3 is 0 Å². The number of rotatable bonds is 6. The smallest absolute Gasteiger partial charge is 0.109 e. The van der Waals surface area contributed by atoms with Crippen LogP contribution in [0.2, 0.25) is 0 Å². The number of nitrogens with zero attached hydrogens (tertiary/aromatic N) is 1. The van der Waals surface area contributed by atoms with Crippen LogP contribution in [0.3, 0.4) is 0 Å². The quantitative estimate of drug-likeness (QED) is 0.784. The van der Waals surface area contributed by atoms with Crippen LogP contribution in [0.25, 0.3) is 0 Å². The molecule has 4 heteroatoms. The van der Waals surface area contributed by atoms with Gasteiger partial charge in [0.2, 0.25) is 0 Å². The van der Waals surface area contributed by atoms with E-state index in [1.165, 1.54) is 0 Å². The van der Waals surface area contributed by atoms with Gasteiger partial charge in [-0.2, -0.15) is 0 Å². The van der Waals surface area contributed by atoms with Crippen LogP contribution < -0.4 is 5.32 Å². The van der Waals surface area contributed by atoms with Gasteiger partial charge in [-0.15, -0.1) is 11.3 Å². The minimum atomic E-state index is 0.237. The molecular formula is C11H20N2OS. The Balaban J connectivity index is 2.50. The Morgan fingerprint density at radius 2 is 2.20 bits per heavy atom. The molecule has 2 atom stereocenters. The molecule has 15 heavy (non-hydrogen) atoms. The molecule has 0 saturated heterocycles. The third-order valence-electron chi connectivity index (χ3n) is 2.53. The van der Waals surface area contributed by atoms with Crippen LogP contribution in [0.5, 0.6) is 0 Å². The Kier molecular flexibility index (Phi) is 5.22. The molecule has 0 amide bonds. The molecule has 1 heterocycles. The summed E-state index contributed by atoms with van der Waals surface area (Å²) in [5, 5.41) is 15.6. The minimum Gasteiger partial charge on any atom is -0.396 e. The van der Waals surface area contributed by atoms with Gasteiger partial charge in [0.15, 0.2) is 0 Å². The van der Waals surface area contributed by atoms with Gasteiger partial charge in [0.25, 0.3) is 0 Å². The van der Waals surface area contributed by atoms with Crippen molar-refractivity contribution in [2.75, 3.05) is 6.61 Å². The van der Waals surface area contributed by atoms with Crippen molar-refractivity contribution in [3.63, 3.8) is 0 Å².